The van der Waals surface area contributed by atoms with Crippen molar-refractivity contribution in [1.82, 2.24) is 0 Å². The van der Waals surface area contributed by atoms with Crippen molar-refractivity contribution in [3.8, 4) is 0 Å². The lowest BCUT2D eigenvalue weighted by molar-refractivity contribution is -0.114. The first-order valence-corrected chi connectivity index (χ1v) is 6.92. The van der Waals surface area contributed by atoms with Crippen LogP contribution in [-0.4, -0.2) is 5.91 Å². The largest absolute Gasteiger partial charge is 0.379 e. The molecule has 0 aliphatic rings. The lowest BCUT2D eigenvalue weighted by Crippen LogP contribution is -2.08. The van der Waals surface area contributed by atoms with Crippen molar-refractivity contribution >= 4 is 28.9 Å². The predicted octanol–water partition coefficient (Wildman–Crippen LogP) is 4.61. The summed E-state index contributed by atoms with van der Waals surface area (Å²) in [4.78, 5) is 10.9. The molecule has 3 nitrogen and oxygen atoms in total. The maximum absolute atomic E-state index is 13.5. The van der Waals surface area contributed by atoms with Crippen LogP contribution in [0.4, 0.5) is 15.8 Å². The van der Waals surface area contributed by atoms with Gasteiger partial charge in [0, 0.05) is 24.3 Å². The third kappa shape index (κ3) is 4.20. The number of hydrogen-bond acceptors (Lipinski definition) is 2. The van der Waals surface area contributed by atoms with E-state index in [0.29, 0.717) is 0 Å². The number of rotatable bonds is 4. The number of nitrogens with one attached hydrogen (secondary N) is 2. The van der Waals surface area contributed by atoms with Crippen molar-refractivity contribution in [1.29, 1.82) is 0 Å². The monoisotopic (exact) mass is 306 g/mol. The smallest absolute Gasteiger partial charge is 0.221 e. The molecule has 1 atom stereocenters. The first-order chi connectivity index (χ1) is 9.95. The number of benzene rings is 2. The summed E-state index contributed by atoms with van der Waals surface area (Å²) in [5, 5.41) is 6.08. The van der Waals surface area contributed by atoms with Gasteiger partial charge in [-0.3, -0.25) is 4.79 Å². The minimum absolute atomic E-state index is 0.0663. The summed E-state index contributed by atoms with van der Waals surface area (Å²) < 4.78 is 13.5. The number of carbonyl (C=O) groups is 1. The van der Waals surface area contributed by atoms with E-state index in [9.17, 15) is 9.18 Å². The van der Waals surface area contributed by atoms with E-state index in [1.165, 1.54) is 13.0 Å². The molecule has 2 aromatic rings. The number of anilines is 2. The van der Waals surface area contributed by atoms with E-state index in [1.54, 1.807) is 24.3 Å². The standard InChI is InChI=1S/C16H16ClFN2O/c1-10(12-3-8-15(17)16(18)9-12)19-13-4-6-14(7-5-13)20-11(2)21/h3-10,19H,1-2H3,(H,20,21). The fourth-order valence-electron chi connectivity index (χ4n) is 1.97. The molecule has 0 aliphatic heterocycles. The molecular formula is C16H16ClFN2O. The molecule has 0 saturated carbocycles. The van der Waals surface area contributed by atoms with Gasteiger partial charge in [0.05, 0.1) is 5.02 Å². The van der Waals surface area contributed by atoms with Gasteiger partial charge in [0.2, 0.25) is 5.91 Å². The molecule has 2 rings (SSSR count). The van der Waals surface area contributed by atoms with Crippen molar-refractivity contribution in [2.24, 2.45) is 0 Å². The highest BCUT2D eigenvalue weighted by Gasteiger charge is 2.08. The Morgan fingerprint density at radius 1 is 1.14 bits per heavy atom. The second-order valence-electron chi connectivity index (χ2n) is 4.80. The summed E-state index contributed by atoms with van der Waals surface area (Å²) >= 11 is 5.67. The molecule has 110 valence electrons. The second-order valence-corrected chi connectivity index (χ2v) is 5.21. The third-order valence-corrected chi connectivity index (χ3v) is 3.34. The number of halogens is 2. The van der Waals surface area contributed by atoms with Gasteiger partial charge in [-0.2, -0.15) is 0 Å². The maximum Gasteiger partial charge on any atom is 0.221 e. The molecule has 5 heteroatoms. The molecular weight excluding hydrogens is 291 g/mol. The van der Waals surface area contributed by atoms with Gasteiger partial charge in [-0.05, 0) is 48.9 Å². The van der Waals surface area contributed by atoms with Gasteiger partial charge < -0.3 is 10.6 Å². The van der Waals surface area contributed by atoms with Crippen molar-refractivity contribution in [3.05, 3.63) is 58.9 Å². The Kier molecular flexibility index (Phi) is 4.81. The quantitative estimate of drug-likeness (QED) is 0.866. The number of amides is 1. The fraction of sp³-hybridized carbons (Fsp3) is 0.188. The Labute approximate surface area is 128 Å². The van der Waals surface area contributed by atoms with Crippen LogP contribution in [0.1, 0.15) is 25.5 Å². The summed E-state index contributed by atoms with van der Waals surface area (Å²) in [6.45, 7) is 3.40. The average molecular weight is 307 g/mol. The average Bonchev–Trinajstić information content (AvgIpc) is 2.43. The van der Waals surface area contributed by atoms with Gasteiger partial charge in [0.15, 0.2) is 0 Å². The molecule has 0 radical (unpaired) electrons. The Morgan fingerprint density at radius 2 is 1.76 bits per heavy atom. The Hall–Kier alpha value is -2.07. The van der Waals surface area contributed by atoms with Crippen molar-refractivity contribution in [3.63, 3.8) is 0 Å². The molecule has 0 spiro atoms. The zero-order valence-corrected chi connectivity index (χ0v) is 12.5. The maximum atomic E-state index is 13.5. The molecule has 0 aliphatic carbocycles. The molecule has 1 unspecified atom stereocenters. The van der Waals surface area contributed by atoms with Crippen LogP contribution in [-0.2, 0) is 4.79 Å². The van der Waals surface area contributed by atoms with Crippen LogP contribution in [0, 0.1) is 5.82 Å². The highest BCUT2D eigenvalue weighted by atomic mass is 35.5. The molecule has 0 bridgehead atoms. The van der Waals surface area contributed by atoms with Crippen molar-refractivity contribution in [2.45, 2.75) is 19.9 Å². The van der Waals surface area contributed by atoms with Crippen molar-refractivity contribution in [2.75, 3.05) is 10.6 Å². The summed E-state index contributed by atoms with van der Waals surface area (Å²) in [6.07, 6.45) is 0. The summed E-state index contributed by atoms with van der Waals surface area (Å²) in [5.74, 6) is -0.537. The predicted molar refractivity (Wildman–Crippen MR) is 84.2 cm³/mol. The van der Waals surface area contributed by atoms with E-state index >= 15 is 0 Å². The van der Waals surface area contributed by atoms with E-state index in [-0.39, 0.29) is 17.0 Å². The van der Waals surface area contributed by atoms with Gasteiger partial charge in [-0.15, -0.1) is 0 Å². The minimum Gasteiger partial charge on any atom is -0.379 e. The van der Waals surface area contributed by atoms with Crippen LogP contribution in [0.3, 0.4) is 0 Å². The van der Waals surface area contributed by atoms with Gasteiger partial charge in [0.1, 0.15) is 5.82 Å². The van der Waals surface area contributed by atoms with Crippen LogP contribution < -0.4 is 10.6 Å². The first-order valence-electron chi connectivity index (χ1n) is 6.55. The van der Waals surface area contributed by atoms with E-state index in [0.717, 1.165) is 16.9 Å². The fourth-order valence-corrected chi connectivity index (χ4v) is 2.09. The summed E-state index contributed by atoms with van der Waals surface area (Å²) in [6, 6.07) is 12.0. The Morgan fingerprint density at radius 3 is 2.33 bits per heavy atom. The molecule has 0 fully saturated rings. The molecule has 2 N–H and O–H groups in total. The summed E-state index contributed by atoms with van der Waals surface area (Å²) in [7, 11) is 0. The van der Waals surface area contributed by atoms with E-state index in [2.05, 4.69) is 10.6 Å². The van der Waals surface area contributed by atoms with Gasteiger partial charge >= 0.3 is 0 Å². The molecule has 2 aromatic carbocycles. The SMILES string of the molecule is CC(=O)Nc1ccc(NC(C)c2ccc(Cl)c(F)c2)cc1. The number of carbonyl (C=O) groups excluding carboxylic acids is 1. The van der Waals surface area contributed by atoms with Crippen molar-refractivity contribution < 1.29 is 9.18 Å². The molecule has 0 aromatic heterocycles. The highest BCUT2D eigenvalue weighted by Crippen LogP contribution is 2.24. The molecule has 0 saturated heterocycles. The minimum atomic E-state index is -0.427. The Bertz CT molecular complexity index is 643. The third-order valence-electron chi connectivity index (χ3n) is 3.03. The van der Waals surface area contributed by atoms with Gasteiger partial charge in [-0.1, -0.05) is 17.7 Å². The zero-order chi connectivity index (χ0) is 15.4. The Balaban J connectivity index is 2.06. The van der Waals surface area contributed by atoms with Crippen LogP contribution in [0.25, 0.3) is 0 Å². The lowest BCUT2D eigenvalue weighted by Gasteiger charge is -2.16. The lowest BCUT2D eigenvalue weighted by atomic mass is 10.1. The van der Waals surface area contributed by atoms with Crippen LogP contribution >= 0.6 is 11.6 Å². The zero-order valence-electron chi connectivity index (χ0n) is 11.8. The van der Waals surface area contributed by atoms with E-state index in [1.807, 2.05) is 19.1 Å². The summed E-state index contributed by atoms with van der Waals surface area (Å²) in [5.41, 5.74) is 2.42. The normalized spacial score (nSPS) is 11.8. The van der Waals surface area contributed by atoms with Gasteiger partial charge in [-0.25, -0.2) is 4.39 Å². The van der Waals surface area contributed by atoms with Crippen LogP contribution in [0.5, 0.6) is 0 Å². The van der Waals surface area contributed by atoms with Crippen LogP contribution in [0.2, 0.25) is 5.02 Å². The van der Waals surface area contributed by atoms with Crippen LogP contribution in [0.15, 0.2) is 42.5 Å². The highest BCUT2D eigenvalue weighted by molar-refractivity contribution is 6.30. The van der Waals surface area contributed by atoms with E-state index in [4.69, 9.17) is 11.6 Å². The second kappa shape index (κ2) is 6.59. The molecule has 0 heterocycles. The number of hydrogen-bond donors (Lipinski definition) is 2. The topological polar surface area (TPSA) is 41.1 Å². The van der Waals surface area contributed by atoms with E-state index < -0.39 is 5.82 Å². The first kappa shape index (κ1) is 15.3. The molecule has 1 amide bonds. The van der Waals surface area contributed by atoms with Gasteiger partial charge in [0.25, 0.3) is 0 Å². The molecule has 21 heavy (non-hydrogen) atoms.